The lowest BCUT2D eigenvalue weighted by molar-refractivity contribution is -0.120. The number of hydrogen-bond acceptors (Lipinski definition) is 5. The Labute approximate surface area is 134 Å². The molecule has 1 aromatic rings. The minimum absolute atomic E-state index is 0.263. The Morgan fingerprint density at radius 2 is 2.13 bits per heavy atom. The molecule has 2 aliphatic rings. The standard InChI is InChI=1S/C16H21N3O4/c1-17-16(21)18-15(20)6-8-19-7-2-3-12(19)11-4-5-13-14(9-11)23-10-22-13/h4-5,9,12H,2-3,6-8,10H2,1H3,(H2,17,18,20,21). The molecule has 2 aliphatic heterocycles. The molecular weight excluding hydrogens is 298 g/mol. The van der Waals surface area contributed by atoms with Crippen LogP contribution in [-0.2, 0) is 4.79 Å². The van der Waals surface area contributed by atoms with Crippen LogP contribution in [0.3, 0.4) is 0 Å². The van der Waals surface area contributed by atoms with E-state index in [1.807, 2.05) is 12.1 Å². The van der Waals surface area contributed by atoms with Gasteiger partial charge in [-0.2, -0.15) is 0 Å². The summed E-state index contributed by atoms with van der Waals surface area (Å²) in [5.41, 5.74) is 1.18. The normalized spacial score (nSPS) is 19.6. The minimum atomic E-state index is -0.469. The van der Waals surface area contributed by atoms with Crippen molar-refractivity contribution in [2.24, 2.45) is 0 Å². The molecule has 1 saturated heterocycles. The average Bonchev–Trinajstić information content (AvgIpc) is 3.20. The van der Waals surface area contributed by atoms with Crippen LogP contribution in [0.5, 0.6) is 11.5 Å². The third kappa shape index (κ3) is 3.56. The van der Waals surface area contributed by atoms with Gasteiger partial charge in [0, 0.05) is 26.1 Å². The SMILES string of the molecule is CNC(=O)NC(=O)CCN1CCCC1c1ccc2c(c1)OCO2. The van der Waals surface area contributed by atoms with E-state index in [0.717, 1.165) is 30.9 Å². The number of nitrogens with zero attached hydrogens (tertiary/aromatic N) is 1. The molecule has 1 fully saturated rings. The van der Waals surface area contributed by atoms with Crippen LogP contribution in [0, 0.1) is 0 Å². The number of likely N-dealkylation sites (tertiary alicyclic amines) is 1. The van der Waals surface area contributed by atoms with Gasteiger partial charge in [-0.15, -0.1) is 0 Å². The Hall–Kier alpha value is -2.28. The molecule has 0 spiro atoms. The molecule has 0 aliphatic carbocycles. The summed E-state index contributed by atoms with van der Waals surface area (Å²) >= 11 is 0. The van der Waals surface area contributed by atoms with Crippen LogP contribution >= 0.6 is 0 Å². The number of ether oxygens (including phenoxy) is 2. The van der Waals surface area contributed by atoms with Gasteiger partial charge in [0.2, 0.25) is 12.7 Å². The minimum Gasteiger partial charge on any atom is -0.454 e. The number of fused-ring (bicyclic) bond motifs is 1. The highest BCUT2D eigenvalue weighted by atomic mass is 16.7. The van der Waals surface area contributed by atoms with E-state index in [4.69, 9.17) is 9.47 Å². The fourth-order valence-corrected chi connectivity index (χ4v) is 3.09. The highest BCUT2D eigenvalue weighted by Crippen LogP contribution is 2.38. The van der Waals surface area contributed by atoms with E-state index in [2.05, 4.69) is 21.6 Å². The molecule has 124 valence electrons. The van der Waals surface area contributed by atoms with E-state index in [0.29, 0.717) is 13.0 Å². The van der Waals surface area contributed by atoms with Crippen molar-refractivity contribution < 1.29 is 19.1 Å². The first kappa shape index (κ1) is 15.6. The van der Waals surface area contributed by atoms with Crippen molar-refractivity contribution in [1.82, 2.24) is 15.5 Å². The van der Waals surface area contributed by atoms with Crippen LogP contribution < -0.4 is 20.1 Å². The molecule has 1 unspecified atom stereocenters. The second-order valence-electron chi connectivity index (χ2n) is 5.68. The van der Waals surface area contributed by atoms with E-state index in [1.54, 1.807) is 0 Å². The van der Waals surface area contributed by atoms with E-state index in [1.165, 1.54) is 12.6 Å². The molecule has 0 saturated carbocycles. The van der Waals surface area contributed by atoms with Gasteiger partial charge in [-0.1, -0.05) is 6.07 Å². The lowest BCUT2D eigenvalue weighted by atomic mass is 10.0. The fourth-order valence-electron chi connectivity index (χ4n) is 3.09. The van der Waals surface area contributed by atoms with Gasteiger partial charge in [0.25, 0.3) is 0 Å². The average molecular weight is 319 g/mol. The van der Waals surface area contributed by atoms with Crippen LogP contribution in [0.2, 0.25) is 0 Å². The number of amides is 3. The molecule has 0 bridgehead atoms. The number of nitrogens with one attached hydrogen (secondary N) is 2. The summed E-state index contributed by atoms with van der Waals surface area (Å²) in [5, 5.41) is 4.66. The zero-order chi connectivity index (χ0) is 16.2. The van der Waals surface area contributed by atoms with Crippen molar-refractivity contribution >= 4 is 11.9 Å². The quantitative estimate of drug-likeness (QED) is 0.877. The molecule has 7 nitrogen and oxygen atoms in total. The van der Waals surface area contributed by atoms with Crippen LogP contribution in [-0.4, -0.2) is 43.8 Å². The maximum atomic E-state index is 11.7. The molecular formula is C16H21N3O4. The Morgan fingerprint density at radius 3 is 2.96 bits per heavy atom. The predicted octanol–water partition coefficient (Wildman–Crippen LogP) is 1.40. The number of carbonyl (C=O) groups is 2. The first-order valence-corrected chi connectivity index (χ1v) is 7.82. The molecule has 7 heteroatoms. The van der Waals surface area contributed by atoms with Gasteiger partial charge < -0.3 is 14.8 Å². The van der Waals surface area contributed by atoms with E-state index < -0.39 is 6.03 Å². The Morgan fingerprint density at radius 1 is 1.30 bits per heavy atom. The maximum Gasteiger partial charge on any atom is 0.321 e. The van der Waals surface area contributed by atoms with Crippen molar-refractivity contribution in [3.05, 3.63) is 23.8 Å². The van der Waals surface area contributed by atoms with Gasteiger partial charge in [0.05, 0.1) is 0 Å². The van der Waals surface area contributed by atoms with Crippen molar-refractivity contribution in [3.8, 4) is 11.5 Å². The highest BCUT2D eigenvalue weighted by Gasteiger charge is 2.27. The Bertz CT molecular complexity index is 605. The molecule has 3 amide bonds. The summed E-state index contributed by atoms with van der Waals surface area (Å²) in [6, 6.07) is 5.82. The summed E-state index contributed by atoms with van der Waals surface area (Å²) in [4.78, 5) is 25.1. The van der Waals surface area contributed by atoms with E-state index >= 15 is 0 Å². The Balaban J connectivity index is 1.59. The van der Waals surface area contributed by atoms with Gasteiger partial charge >= 0.3 is 6.03 Å². The molecule has 0 aromatic heterocycles. The summed E-state index contributed by atoms with van der Waals surface area (Å²) in [6.07, 6.45) is 2.45. The number of urea groups is 1. The lowest BCUT2D eigenvalue weighted by Gasteiger charge is -2.24. The van der Waals surface area contributed by atoms with Crippen LogP contribution in [0.25, 0.3) is 0 Å². The first-order valence-electron chi connectivity index (χ1n) is 7.82. The topological polar surface area (TPSA) is 79.9 Å². The summed E-state index contributed by atoms with van der Waals surface area (Å²) in [5.74, 6) is 1.30. The molecule has 1 atom stereocenters. The molecule has 0 radical (unpaired) electrons. The monoisotopic (exact) mass is 319 g/mol. The second-order valence-corrected chi connectivity index (χ2v) is 5.68. The van der Waals surface area contributed by atoms with Gasteiger partial charge in [0.15, 0.2) is 11.5 Å². The van der Waals surface area contributed by atoms with Gasteiger partial charge in [-0.05, 0) is 37.1 Å². The molecule has 2 heterocycles. The van der Waals surface area contributed by atoms with Crippen molar-refractivity contribution in [3.63, 3.8) is 0 Å². The fraction of sp³-hybridized carbons (Fsp3) is 0.500. The highest BCUT2D eigenvalue weighted by molar-refractivity contribution is 5.94. The van der Waals surface area contributed by atoms with Gasteiger partial charge in [-0.25, -0.2) is 4.79 Å². The van der Waals surface area contributed by atoms with Crippen molar-refractivity contribution in [1.29, 1.82) is 0 Å². The first-order chi connectivity index (χ1) is 11.2. The van der Waals surface area contributed by atoms with Gasteiger partial charge in [-0.3, -0.25) is 15.0 Å². The third-order valence-corrected chi connectivity index (χ3v) is 4.25. The zero-order valence-electron chi connectivity index (χ0n) is 13.1. The predicted molar refractivity (Wildman–Crippen MR) is 83.3 cm³/mol. The van der Waals surface area contributed by atoms with Crippen LogP contribution in [0.1, 0.15) is 30.9 Å². The number of imide groups is 1. The number of carbonyl (C=O) groups excluding carboxylic acids is 2. The summed E-state index contributed by atoms with van der Waals surface area (Å²) in [6.45, 7) is 1.85. The molecule has 1 aromatic carbocycles. The number of benzene rings is 1. The van der Waals surface area contributed by atoms with Crippen molar-refractivity contribution in [2.45, 2.75) is 25.3 Å². The number of hydrogen-bond donors (Lipinski definition) is 2. The third-order valence-electron chi connectivity index (χ3n) is 4.25. The van der Waals surface area contributed by atoms with Crippen molar-refractivity contribution in [2.75, 3.05) is 26.9 Å². The molecule has 2 N–H and O–H groups in total. The summed E-state index contributed by atoms with van der Waals surface area (Å²) in [7, 11) is 1.48. The van der Waals surface area contributed by atoms with Gasteiger partial charge in [0.1, 0.15) is 0 Å². The van der Waals surface area contributed by atoms with E-state index in [-0.39, 0.29) is 18.7 Å². The van der Waals surface area contributed by atoms with Crippen LogP contribution in [0.4, 0.5) is 4.79 Å². The maximum absolute atomic E-state index is 11.7. The largest absolute Gasteiger partial charge is 0.454 e. The van der Waals surface area contributed by atoms with Crippen LogP contribution in [0.15, 0.2) is 18.2 Å². The van der Waals surface area contributed by atoms with E-state index in [9.17, 15) is 9.59 Å². The zero-order valence-corrected chi connectivity index (χ0v) is 13.1. The number of rotatable bonds is 4. The molecule has 3 rings (SSSR count). The molecule has 23 heavy (non-hydrogen) atoms. The Kier molecular flexibility index (Phi) is 4.66. The summed E-state index contributed by atoms with van der Waals surface area (Å²) < 4.78 is 10.8. The lowest BCUT2D eigenvalue weighted by Crippen LogP contribution is -2.39. The smallest absolute Gasteiger partial charge is 0.321 e. The second kappa shape index (κ2) is 6.87.